The molecule has 1 fully saturated rings. The summed E-state index contributed by atoms with van der Waals surface area (Å²) in [6, 6.07) is 0. The minimum absolute atomic E-state index is 0.0669. The Labute approximate surface area is 108 Å². The van der Waals surface area contributed by atoms with Gasteiger partial charge in [0.25, 0.3) is 0 Å². The Hall–Kier alpha value is -2.16. The molecule has 0 spiro atoms. The standard InChI is InChI=1S/C10H14N4O5/c1-10(19-4-8(15)16)5-13(6-10)9-7(14(17)18)3-12(2)11-9/h3H,4-6H2,1-2H3,(H,15,16). The SMILES string of the molecule is Cn1cc([N+](=O)[O-])c(N2CC(C)(OCC(=O)O)C2)n1. The van der Waals surface area contributed by atoms with Crippen LogP contribution in [-0.2, 0) is 16.6 Å². The predicted molar refractivity (Wildman–Crippen MR) is 64.1 cm³/mol. The molecular formula is C10H14N4O5. The first-order valence-electron chi connectivity index (χ1n) is 5.59. The number of hydrogen-bond donors (Lipinski definition) is 1. The van der Waals surface area contributed by atoms with Crippen LogP contribution in [0.4, 0.5) is 11.5 Å². The largest absolute Gasteiger partial charge is 0.480 e. The lowest BCUT2D eigenvalue weighted by molar-refractivity contribution is -0.384. The monoisotopic (exact) mass is 270 g/mol. The molecule has 104 valence electrons. The van der Waals surface area contributed by atoms with Crippen LogP contribution in [0.5, 0.6) is 0 Å². The van der Waals surface area contributed by atoms with E-state index in [1.165, 1.54) is 10.9 Å². The summed E-state index contributed by atoms with van der Waals surface area (Å²) in [6.07, 6.45) is 1.34. The van der Waals surface area contributed by atoms with Gasteiger partial charge in [-0.25, -0.2) is 4.79 Å². The summed E-state index contributed by atoms with van der Waals surface area (Å²) < 4.78 is 6.62. The Balaban J connectivity index is 2.04. The van der Waals surface area contributed by atoms with Crippen LogP contribution in [0.15, 0.2) is 6.20 Å². The normalized spacial score (nSPS) is 17.1. The van der Waals surface area contributed by atoms with E-state index >= 15 is 0 Å². The van der Waals surface area contributed by atoms with Gasteiger partial charge in [0, 0.05) is 7.05 Å². The van der Waals surface area contributed by atoms with Crippen molar-refractivity contribution in [3.8, 4) is 0 Å². The van der Waals surface area contributed by atoms with Gasteiger partial charge >= 0.3 is 11.7 Å². The number of ether oxygens (including phenoxy) is 1. The fourth-order valence-electron chi connectivity index (χ4n) is 2.06. The first-order valence-corrected chi connectivity index (χ1v) is 5.59. The fraction of sp³-hybridized carbons (Fsp3) is 0.600. The van der Waals surface area contributed by atoms with Crippen molar-refractivity contribution in [1.29, 1.82) is 0 Å². The zero-order valence-electron chi connectivity index (χ0n) is 10.6. The van der Waals surface area contributed by atoms with Gasteiger partial charge < -0.3 is 14.7 Å². The average Bonchev–Trinajstić information content (AvgIpc) is 2.64. The molecular weight excluding hydrogens is 256 g/mol. The third kappa shape index (κ3) is 2.65. The Morgan fingerprint density at radius 1 is 1.68 bits per heavy atom. The highest BCUT2D eigenvalue weighted by Gasteiger charge is 2.43. The summed E-state index contributed by atoms with van der Waals surface area (Å²) in [5.41, 5.74) is -0.674. The Morgan fingerprint density at radius 3 is 2.84 bits per heavy atom. The molecule has 19 heavy (non-hydrogen) atoms. The van der Waals surface area contributed by atoms with Crippen molar-refractivity contribution in [1.82, 2.24) is 9.78 Å². The maximum Gasteiger partial charge on any atom is 0.330 e. The van der Waals surface area contributed by atoms with Crippen LogP contribution in [0, 0.1) is 10.1 Å². The Kier molecular flexibility index (Phi) is 3.14. The molecule has 2 heterocycles. The van der Waals surface area contributed by atoms with Gasteiger partial charge in [-0.2, -0.15) is 0 Å². The van der Waals surface area contributed by atoms with Gasteiger partial charge in [-0.1, -0.05) is 0 Å². The highest BCUT2D eigenvalue weighted by atomic mass is 16.6. The summed E-state index contributed by atoms with van der Waals surface area (Å²) in [7, 11) is 1.61. The number of carbonyl (C=O) groups is 1. The number of aliphatic carboxylic acids is 1. The lowest BCUT2D eigenvalue weighted by atomic mass is 9.96. The molecule has 0 saturated carbocycles. The van der Waals surface area contributed by atoms with E-state index in [4.69, 9.17) is 9.84 Å². The molecule has 1 N–H and O–H groups in total. The molecule has 0 unspecified atom stereocenters. The van der Waals surface area contributed by atoms with E-state index in [0.717, 1.165) is 0 Å². The molecule has 1 aromatic rings. The lowest BCUT2D eigenvalue weighted by Crippen LogP contribution is -2.62. The number of hydrogen-bond acceptors (Lipinski definition) is 6. The van der Waals surface area contributed by atoms with Crippen LogP contribution in [0.25, 0.3) is 0 Å². The van der Waals surface area contributed by atoms with Gasteiger partial charge in [-0.3, -0.25) is 14.8 Å². The minimum Gasteiger partial charge on any atom is -0.480 e. The van der Waals surface area contributed by atoms with Crippen molar-refractivity contribution in [2.24, 2.45) is 7.05 Å². The quantitative estimate of drug-likeness (QED) is 0.592. The van der Waals surface area contributed by atoms with Crippen molar-refractivity contribution in [3.05, 3.63) is 16.3 Å². The number of aromatic nitrogens is 2. The van der Waals surface area contributed by atoms with E-state index < -0.39 is 16.5 Å². The number of anilines is 1. The highest BCUT2D eigenvalue weighted by molar-refractivity contribution is 5.68. The van der Waals surface area contributed by atoms with E-state index in [2.05, 4.69) is 5.10 Å². The van der Waals surface area contributed by atoms with Gasteiger partial charge in [0.05, 0.1) is 18.0 Å². The van der Waals surface area contributed by atoms with E-state index in [1.54, 1.807) is 18.9 Å². The van der Waals surface area contributed by atoms with E-state index in [1.807, 2.05) is 0 Å². The summed E-state index contributed by atoms with van der Waals surface area (Å²) in [5, 5.41) is 23.5. The maximum absolute atomic E-state index is 10.9. The molecule has 0 radical (unpaired) electrons. The molecule has 1 aliphatic heterocycles. The van der Waals surface area contributed by atoms with Crippen LogP contribution in [0.3, 0.4) is 0 Å². The van der Waals surface area contributed by atoms with Gasteiger partial charge in [-0.05, 0) is 6.92 Å². The van der Waals surface area contributed by atoms with Crippen molar-refractivity contribution < 1.29 is 19.6 Å². The van der Waals surface area contributed by atoms with Gasteiger partial charge in [-0.15, -0.1) is 5.10 Å². The van der Waals surface area contributed by atoms with Crippen LogP contribution in [-0.4, -0.2) is 51.1 Å². The number of aryl methyl sites for hydroxylation is 1. The molecule has 0 atom stereocenters. The number of nitro groups is 1. The molecule has 2 rings (SSSR count). The van der Waals surface area contributed by atoms with E-state index in [-0.39, 0.29) is 18.1 Å². The van der Waals surface area contributed by atoms with Gasteiger partial charge in [0.15, 0.2) is 0 Å². The lowest BCUT2D eigenvalue weighted by Gasteiger charge is -2.47. The number of carboxylic acids is 1. The van der Waals surface area contributed by atoms with Crippen molar-refractivity contribution in [2.75, 3.05) is 24.6 Å². The zero-order valence-corrected chi connectivity index (χ0v) is 10.6. The van der Waals surface area contributed by atoms with E-state index in [9.17, 15) is 14.9 Å². The summed E-state index contributed by atoms with van der Waals surface area (Å²) in [5.74, 6) is -0.757. The summed E-state index contributed by atoms with van der Waals surface area (Å²) in [4.78, 5) is 22.5. The molecule has 9 nitrogen and oxygen atoms in total. The second-order valence-corrected chi connectivity index (χ2v) is 4.76. The number of nitrogens with zero attached hydrogens (tertiary/aromatic N) is 4. The second-order valence-electron chi connectivity index (χ2n) is 4.76. The van der Waals surface area contributed by atoms with Crippen molar-refractivity contribution in [3.63, 3.8) is 0 Å². The van der Waals surface area contributed by atoms with E-state index in [0.29, 0.717) is 13.1 Å². The molecule has 1 aliphatic rings. The first-order chi connectivity index (χ1) is 8.81. The van der Waals surface area contributed by atoms with Crippen molar-refractivity contribution >= 4 is 17.5 Å². The molecule has 0 aromatic carbocycles. The summed E-state index contributed by atoms with van der Waals surface area (Å²) in [6.45, 7) is 2.13. The molecule has 0 aliphatic carbocycles. The number of carboxylic acid groups (broad SMARTS) is 1. The minimum atomic E-state index is -1.04. The smallest absolute Gasteiger partial charge is 0.330 e. The van der Waals surface area contributed by atoms with Crippen LogP contribution < -0.4 is 4.90 Å². The Bertz CT molecular complexity index is 520. The third-order valence-corrected chi connectivity index (χ3v) is 2.88. The predicted octanol–water partition coefficient (Wildman–Crippen LogP) is 0.00820. The molecule has 9 heteroatoms. The average molecular weight is 270 g/mol. The second kappa shape index (κ2) is 4.50. The van der Waals surface area contributed by atoms with Crippen LogP contribution >= 0.6 is 0 Å². The Morgan fingerprint density at radius 2 is 2.32 bits per heavy atom. The third-order valence-electron chi connectivity index (χ3n) is 2.88. The van der Waals surface area contributed by atoms with Crippen molar-refractivity contribution in [2.45, 2.75) is 12.5 Å². The molecule has 0 amide bonds. The van der Waals surface area contributed by atoms with Gasteiger partial charge in [0.1, 0.15) is 18.4 Å². The number of rotatable bonds is 5. The van der Waals surface area contributed by atoms with Gasteiger partial charge in [0.2, 0.25) is 5.82 Å². The molecule has 1 aromatic heterocycles. The molecule has 0 bridgehead atoms. The first kappa shape index (κ1) is 13.3. The topological polar surface area (TPSA) is 111 Å². The van der Waals surface area contributed by atoms with Crippen LogP contribution in [0.2, 0.25) is 0 Å². The maximum atomic E-state index is 10.9. The fourth-order valence-corrected chi connectivity index (χ4v) is 2.06. The zero-order chi connectivity index (χ0) is 14.2. The summed E-state index contributed by atoms with van der Waals surface area (Å²) >= 11 is 0. The van der Waals surface area contributed by atoms with Crippen LogP contribution in [0.1, 0.15) is 6.92 Å². The molecule has 1 saturated heterocycles. The highest BCUT2D eigenvalue weighted by Crippen LogP contribution is 2.34.